The van der Waals surface area contributed by atoms with E-state index >= 15 is 0 Å². The first-order valence-corrected chi connectivity index (χ1v) is 36.1. The SMILES string of the molecule is CCCCCCCC/C=C/CCCCCCCCCCCCCCCCCC(=O)OC(/C=C/CCCCCCCCCCC)C(COP(=O)([O-])OCC[N+](C)(C)C)NC(=O)CCCCCCCCCCCCCCCCCCC. The molecule has 468 valence electrons. The molecular formula is C69H135N2O7P. The second-order valence-electron chi connectivity index (χ2n) is 25.0. The molecule has 9 nitrogen and oxygen atoms in total. The number of rotatable bonds is 64. The van der Waals surface area contributed by atoms with E-state index in [1.165, 1.54) is 263 Å². The van der Waals surface area contributed by atoms with Crippen molar-refractivity contribution in [3.8, 4) is 0 Å². The summed E-state index contributed by atoms with van der Waals surface area (Å²) >= 11 is 0. The van der Waals surface area contributed by atoms with Crippen LogP contribution in [-0.4, -0.2) is 69.4 Å². The molecule has 0 aromatic carbocycles. The van der Waals surface area contributed by atoms with E-state index in [0.717, 1.165) is 57.8 Å². The third-order valence-corrected chi connectivity index (χ3v) is 16.8. The van der Waals surface area contributed by atoms with Crippen LogP contribution in [0.3, 0.4) is 0 Å². The van der Waals surface area contributed by atoms with Crippen LogP contribution < -0.4 is 10.2 Å². The summed E-state index contributed by atoms with van der Waals surface area (Å²) < 4.78 is 30.4. The van der Waals surface area contributed by atoms with Gasteiger partial charge in [-0.15, -0.1) is 0 Å². The Bertz CT molecular complexity index is 1400. The van der Waals surface area contributed by atoms with Crippen molar-refractivity contribution in [2.75, 3.05) is 40.9 Å². The molecule has 0 saturated heterocycles. The van der Waals surface area contributed by atoms with Crippen LogP contribution in [0.2, 0.25) is 0 Å². The molecule has 0 aromatic rings. The minimum Gasteiger partial charge on any atom is -0.756 e. The monoisotopic (exact) mass is 1140 g/mol. The summed E-state index contributed by atoms with van der Waals surface area (Å²) in [5.41, 5.74) is 0. The van der Waals surface area contributed by atoms with E-state index in [-0.39, 0.29) is 31.5 Å². The standard InChI is InChI=1S/C69H135N2O7P/c1-7-10-13-16-19-22-25-27-29-31-32-33-34-35-36-37-38-40-42-44-47-50-53-56-59-62-69(73)78-67(60-57-54-51-48-45-24-21-18-15-12-9-3)66(65-77-79(74,75)76-64-63-71(4,5)6)70-68(72)61-58-55-52-49-46-43-41-39-30-28-26-23-20-17-14-11-8-2/h27,29,57,60,66-67H,7-26,28,30-56,58-59,61-65H2,1-6H3,(H-,70,72,74,75)/b29-27+,60-57+. The molecule has 0 aliphatic heterocycles. The van der Waals surface area contributed by atoms with Crippen molar-refractivity contribution in [2.45, 2.75) is 367 Å². The minimum atomic E-state index is -4.69. The van der Waals surface area contributed by atoms with Crippen LogP contribution in [0.5, 0.6) is 0 Å². The molecule has 0 heterocycles. The van der Waals surface area contributed by atoms with Gasteiger partial charge in [0.05, 0.1) is 33.8 Å². The zero-order valence-corrected chi connectivity index (χ0v) is 54.5. The van der Waals surface area contributed by atoms with Crippen molar-refractivity contribution in [1.29, 1.82) is 0 Å². The number of amides is 1. The summed E-state index contributed by atoms with van der Waals surface area (Å²) in [6.07, 6.45) is 71.6. The number of allylic oxidation sites excluding steroid dienone is 3. The number of phosphoric acid groups is 1. The second-order valence-corrected chi connectivity index (χ2v) is 26.5. The maximum absolute atomic E-state index is 13.6. The van der Waals surface area contributed by atoms with Gasteiger partial charge in [0.2, 0.25) is 5.91 Å². The molecule has 0 fully saturated rings. The average Bonchev–Trinajstić information content (AvgIpc) is 3.41. The second kappa shape index (κ2) is 59.6. The van der Waals surface area contributed by atoms with Gasteiger partial charge in [-0.1, -0.05) is 309 Å². The number of unbranched alkanes of at least 4 members (excludes halogenated alkanes) is 46. The number of hydrogen-bond donors (Lipinski definition) is 1. The van der Waals surface area contributed by atoms with E-state index in [1.54, 1.807) is 0 Å². The van der Waals surface area contributed by atoms with E-state index < -0.39 is 20.0 Å². The third kappa shape index (κ3) is 60.9. The molecule has 0 radical (unpaired) electrons. The fourth-order valence-electron chi connectivity index (χ4n) is 10.5. The molecule has 0 saturated carbocycles. The lowest BCUT2D eigenvalue weighted by atomic mass is 10.0. The Morgan fingerprint density at radius 3 is 1.08 bits per heavy atom. The molecule has 1 N–H and O–H groups in total. The molecular weight excluding hydrogens is 1000 g/mol. The number of quaternary nitrogens is 1. The van der Waals surface area contributed by atoms with Crippen molar-refractivity contribution < 1.29 is 37.3 Å². The van der Waals surface area contributed by atoms with Crippen LogP contribution in [0.15, 0.2) is 24.3 Å². The average molecular weight is 1140 g/mol. The van der Waals surface area contributed by atoms with E-state index in [2.05, 4.69) is 38.2 Å². The van der Waals surface area contributed by atoms with Gasteiger partial charge < -0.3 is 28.5 Å². The number of nitrogens with one attached hydrogen (secondary N) is 1. The number of phosphoric ester groups is 1. The Kier molecular flexibility index (Phi) is 58.5. The molecule has 0 bridgehead atoms. The third-order valence-electron chi connectivity index (χ3n) is 15.9. The normalized spacial score (nSPS) is 13.7. The Morgan fingerprint density at radius 2 is 0.734 bits per heavy atom. The van der Waals surface area contributed by atoms with E-state index in [1.807, 2.05) is 33.3 Å². The first-order valence-electron chi connectivity index (χ1n) is 34.6. The number of carbonyl (C=O) groups excluding carboxylic acids is 2. The van der Waals surface area contributed by atoms with Gasteiger partial charge in [0.1, 0.15) is 19.3 Å². The summed E-state index contributed by atoms with van der Waals surface area (Å²) in [7, 11) is 1.21. The number of esters is 1. The maximum atomic E-state index is 13.6. The van der Waals surface area contributed by atoms with E-state index in [9.17, 15) is 19.0 Å². The Labute approximate surface area is 492 Å². The molecule has 0 aliphatic rings. The quantitative estimate of drug-likeness (QED) is 0.0212. The molecule has 79 heavy (non-hydrogen) atoms. The van der Waals surface area contributed by atoms with Crippen LogP contribution in [0.1, 0.15) is 355 Å². The molecule has 3 atom stereocenters. The molecule has 1 amide bonds. The maximum Gasteiger partial charge on any atom is 0.306 e. The van der Waals surface area contributed by atoms with Crippen LogP contribution in [0, 0.1) is 0 Å². The largest absolute Gasteiger partial charge is 0.756 e. The van der Waals surface area contributed by atoms with Crippen molar-refractivity contribution in [1.82, 2.24) is 5.32 Å². The molecule has 10 heteroatoms. The zero-order valence-electron chi connectivity index (χ0n) is 53.6. The number of ether oxygens (including phenoxy) is 1. The van der Waals surface area contributed by atoms with Crippen LogP contribution in [0.25, 0.3) is 0 Å². The molecule has 0 aromatic heterocycles. The van der Waals surface area contributed by atoms with Gasteiger partial charge in [-0.2, -0.15) is 0 Å². The summed E-state index contributed by atoms with van der Waals surface area (Å²) in [6.45, 7) is 6.90. The minimum absolute atomic E-state index is 0.0179. The van der Waals surface area contributed by atoms with Crippen LogP contribution in [-0.2, 0) is 27.9 Å². The number of likely N-dealkylation sites (N-methyl/N-ethyl adjacent to an activating group) is 1. The number of carbonyl (C=O) groups is 2. The van der Waals surface area contributed by atoms with Gasteiger partial charge >= 0.3 is 5.97 Å². The fourth-order valence-corrected chi connectivity index (χ4v) is 11.2. The van der Waals surface area contributed by atoms with E-state index in [0.29, 0.717) is 17.4 Å². The Morgan fingerprint density at radius 1 is 0.430 bits per heavy atom. The Hall–Kier alpha value is -1.51. The first-order chi connectivity index (χ1) is 38.4. The fraction of sp³-hybridized carbons (Fsp3) is 0.913. The molecule has 3 unspecified atom stereocenters. The van der Waals surface area contributed by atoms with Gasteiger partial charge in [-0.3, -0.25) is 14.2 Å². The summed E-state index contributed by atoms with van der Waals surface area (Å²) in [4.78, 5) is 40.1. The first kappa shape index (κ1) is 77.5. The number of hydrogen-bond acceptors (Lipinski definition) is 7. The van der Waals surface area contributed by atoms with Gasteiger partial charge in [0.25, 0.3) is 7.82 Å². The van der Waals surface area contributed by atoms with Crippen molar-refractivity contribution in [3.05, 3.63) is 24.3 Å². The van der Waals surface area contributed by atoms with Gasteiger partial charge in [0, 0.05) is 12.8 Å². The molecule has 0 spiro atoms. The predicted molar refractivity (Wildman–Crippen MR) is 340 cm³/mol. The van der Waals surface area contributed by atoms with Crippen molar-refractivity contribution >= 4 is 19.7 Å². The highest BCUT2D eigenvalue weighted by atomic mass is 31.2. The summed E-state index contributed by atoms with van der Waals surface area (Å²) in [5.74, 6) is -0.520. The number of nitrogens with zero attached hydrogens (tertiary/aromatic N) is 1. The smallest absolute Gasteiger partial charge is 0.306 e. The van der Waals surface area contributed by atoms with Crippen LogP contribution >= 0.6 is 7.82 Å². The van der Waals surface area contributed by atoms with Gasteiger partial charge in [0.15, 0.2) is 0 Å². The van der Waals surface area contributed by atoms with E-state index in [4.69, 9.17) is 13.8 Å². The van der Waals surface area contributed by atoms with Crippen LogP contribution in [0.4, 0.5) is 0 Å². The molecule has 0 aliphatic carbocycles. The Balaban J connectivity index is 4.99. The lowest BCUT2D eigenvalue weighted by Crippen LogP contribution is -2.47. The highest BCUT2D eigenvalue weighted by molar-refractivity contribution is 7.45. The van der Waals surface area contributed by atoms with Crippen molar-refractivity contribution in [2.24, 2.45) is 0 Å². The highest BCUT2D eigenvalue weighted by Crippen LogP contribution is 2.38. The summed E-state index contributed by atoms with van der Waals surface area (Å²) in [5, 5.41) is 3.04. The topological polar surface area (TPSA) is 114 Å². The van der Waals surface area contributed by atoms with Gasteiger partial charge in [-0.05, 0) is 57.4 Å². The molecule has 0 rings (SSSR count). The van der Waals surface area contributed by atoms with Crippen molar-refractivity contribution in [3.63, 3.8) is 0 Å². The lowest BCUT2D eigenvalue weighted by molar-refractivity contribution is -0.870. The predicted octanol–water partition coefficient (Wildman–Crippen LogP) is 21.0. The summed E-state index contributed by atoms with van der Waals surface area (Å²) in [6, 6.07) is -0.882. The zero-order chi connectivity index (χ0) is 57.9. The lowest BCUT2D eigenvalue weighted by Gasteiger charge is -2.30. The highest BCUT2D eigenvalue weighted by Gasteiger charge is 2.27. The van der Waals surface area contributed by atoms with Gasteiger partial charge in [-0.25, -0.2) is 0 Å².